The molecule has 0 heterocycles. The summed E-state index contributed by atoms with van der Waals surface area (Å²) in [6, 6.07) is 0. The van der Waals surface area contributed by atoms with Crippen LogP contribution in [0.3, 0.4) is 0 Å². The summed E-state index contributed by atoms with van der Waals surface area (Å²) in [7, 11) is 0. The van der Waals surface area contributed by atoms with Gasteiger partial charge in [0.05, 0.1) is 0 Å². The molecular weight excluding hydrogens is 130 g/mol. The fourth-order valence-corrected chi connectivity index (χ4v) is 0.955. The first-order valence-corrected chi connectivity index (χ1v) is 4.13. The summed E-state index contributed by atoms with van der Waals surface area (Å²) in [4.78, 5) is 1.26. The van der Waals surface area contributed by atoms with Crippen molar-refractivity contribution < 1.29 is 0 Å². The largest absolute Gasteiger partial charge is 0.274 e. The lowest BCUT2D eigenvalue weighted by molar-refractivity contribution is 0.900. The van der Waals surface area contributed by atoms with E-state index in [-0.39, 0.29) is 0 Å². The second-order valence-electron chi connectivity index (χ2n) is 2.20. The summed E-state index contributed by atoms with van der Waals surface area (Å²) in [5.41, 5.74) is 1.42. The quantitative estimate of drug-likeness (QED) is 0.618. The predicted octanol–water partition coefficient (Wildman–Crippen LogP) is 2.69. The fourth-order valence-electron chi connectivity index (χ4n) is 0.652. The van der Waals surface area contributed by atoms with Crippen molar-refractivity contribution in [1.29, 1.82) is 0 Å². The second kappa shape index (κ2) is 4.89. The highest BCUT2D eigenvalue weighted by Gasteiger charge is 1.92. The molecule has 0 radical (unpaired) electrons. The standard InChI is InChI=1S/C7H15NS/c1-4-5-6(2)7(3)9-8/h4-5,8H2,1-3H3/b7-6-. The first-order valence-electron chi connectivity index (χ1n) is 3.25. The molecule has 0 rings (SSSR count). The van der Waals surface area contributed by atoms with Gasteiger partial charge in [-0.1, -0.05) is 30.9 Å². The molecular formula is C7H15NS. The van der Waals surface area contributed by atoms with E-state index in [0.717, 1.165) is 0 Å². The van der Waals surface area contributed by atoms with Gasteiger partial charge >= 0.3 is 0 Å². The van der Waals surface area contributed by atoms with Crippen molar-refractivity contribution in [3.63, 3.8) is 0 Å². The third kappa shape index (κ3) is 3.60. The summed E-state index contributed by atoms with van der Waals surface area (Å²) < 4.78 is 0. The Morgan fingerprint density at radius 2 is 2.00 bits per heavy atom. The van der Waals surface area contributed by atoms with E-state index in [4.69, 9.17) is 5.14 Å². The van der Waals surface area contributed by atoms with E-state index in [1.165, 1.54) is 35.3 Å². The van der Waals surface area contributed by atoms with Crippen molar-refractivity contribution in [2.75, 3.05) is 0 Å². The average molecular weight is 145 g/mol. The van der Waals surface area contributed by atoms with Gasteiger partial charge in [0.1, 0.15) is 0 Å². The lowest BCUT2D eigenvalue weighted by Gasteiger charge is -2.00. The van der Waals surface area contributed by atoms with Crippen molar-refractivity contribution in [3.8, 4) is 0 Å². The molecule has 0 aliphatic rings. The Morgan fingerprint density at radius 1 is 1.44 bits per heavy atom. The van der Waals surface area contributed by atoms with Gasteiger partial charge in [0.2, 0.25) is 0 Å². The Morgan fingerprint density at radius 3 is 2.33 bits per heavy atom. The highest BCUT2D eigenvalue weighted by Crippen LogP contribution is 2.16. The van der Waals surface area contributed by atoms with E-state index in [1.54, 1.807) is 0 Å². The number of hydrogen-bond acceptors (Lipinski definition) is 2. The van der Waals surface area contributed by atoms with Crippen LogP contribution in [0.4, 0.5) is 0 Å². The van der Waals surface area contributed by atoms with Crippen LogP contribution in [0.25, 0.3) is 0 Å². The van der Waals surface area contributed by atoms with Crippen LogP contribution < -0.4 is 5.14 Å². The molecule has 0 aromatic heterocycles. The summed E-state index contributed by atoms with van der Waals surface area (Å²) in [6.45, 7) is 6.38. The molecule has 9 heavy (non-hydrogen) atoms. The molecule has 2 N–H and O–H groups in total. The van der Waals surface area contributed by atoms with Gasteiger partial charge in [-0.05, 0) is 25.2 Å². The predicted molar refractivity (Wildman–Crippen MR) is 45.1 cm³/mol. The van der Waals surface area contributed by atoms with E-state index < -0.39 is 0 Å². The molecule has 0 bridgehead atoms. The zero-order valence-corrected chi connectivity index (χ0v) is 7.22. The monoisotopic (exact) mass is 145 g/mol. The van der Waals surface area contributed by atoms with Crippen molar-refractivity contribution in [2.45, 2.75) is 33.6 Å². The molecule has 0 saturated carbocycles. The van der Waals surface area contributed by atoms with Crippen LogP contribution in [0.5, 0.6) is 0 Å². The van der Waals surface area contributed by atoms with Gasteiger partial charge in [-0.25, -0.2) is 0 Å². The van der Waals surface area contributed by atoms with Gasteiger partial charge in [0.15, 0.2) is 0 Å². The Bertz CT molecular complexity index is 107. The normalized spacial score (nSPS) is 13.3. The molecule has 0 saturated heterocycles. The van der Waals surface area contributed by atoms with Crippen LogP contribution in [-0.4, -0.2) is 0 Å². The minimum absolute atomic E-state index is 1.18. The Labute approximate surface area is 61.8 Å². The SMILES string of the molecule is CCC/C(C)=C(/C)SN. The first-order chi connectivity index (χ1) is 4.22. The molecule has 0 aromatic carbocycles. The smallest absolute Gasteiger partial charge is 0.00407 e. The van der Waals surface area contributed by atoms with E-state index in [2.05, 4.69) is 20.8 Å². The molecule has 0 amide bonds. The number of rotatable bonds is 3. The summed E-state index contributed by atoms with van der Waals surface area (Å²) >= 11 is 1.35. The number of allylic oxidation sites excluding steroid dienone is 2. The summed E-state index contributed by atoms with van der Waals surface area (Å²) in [6.07, 6.45) is 2.39. The van der Waals surface area contributed by atoms with Crippen molar-refractivity contribution in [2.24, 2.45) is 5.14 Å². The van der Waals surface area contributed by atoms with Gasteiger partial charge in [-0.3, -0.25) is 5.14 Å². The lowest BCUT2D eigenvalue weighted by atomic mass is 10.2. The van der Waals surface area contributed by atoms with Crippen LogP contribution in [0, 0.1) is 0 Å². The van der Waals surface area contributed by atoms with Gasteiger partial charge in [-0.15, -0.1) is 0 Å². The van der Waals surface area contributed by atoms with Crippen LogP contribution in [-0.2, 0) is 0 Å². The Hall–Kier alpha value is 0.0500. The van der Waals surface area contributed by atoms with E-state index >= 15 is 0 Å². The fraction of sp³-hybridized carbons (Fsp3) is 0.714. The van der Waals surface area contributed by atoms with E-state index in [9.17, 15) is 0 Å². The number of nitrogens with two attached hydrogens (primary N) is 1. The highest BCUT2D eigenvalue weighted by molar-refractivity contribution is 8.00. The Kier molecular flexibility index (Phi) is 4.91. The molecule has 0 aromatic rings. The minimum atomic E-state index is 1.18. The molecule has 2 heteroatoms. The van der Waals surface area contributed by atoms with Crippen LogP contribution in [0.15, 0.2) is 10.5 Å². The van der Waals surface area contributed by atoms with Crippen molar-refractivity contribution in [3.05, 3.63) is 10.5 Å². The highest BCUT2D eigenvalue weighted by atomic mass is 32.2. The molecule has 0 aliphatic heterocycles. The molecule has 1 nitrogen and oxygen atoms in total. The van der Waals surface area contributed by atoms with Crippen LogP contribution in [0.2, 0.25) is 0 Å². The number of hydrogen-bond donors (Lipinski definition) is 1. The van der Waals surface area contributed by atoms with Gasteiger partial charge < -0.3 is 0 Å². The topological polar surface area (TPSA) is 26.0 Å². The van der Waals surface area contributed by atoms with Crippen LogP contribution >= 0.6 is 11.9 Å². The first kappa shape index (κ1) is 9.05. The van der Waals surface area contributed by atoms with Gasteiger partial charge in [0, 0.05) is 0 Å². The van der Waals surface area contributed by atoms with Gasteiger partial charge in [0.25, 0.3) is 0 Å². The van der Waals surface area contributed by atoms with Gasteiger partial charge in [-0.2, -0.15) is 0 Å². The third-order valence-corrected chi connectivity index (χ3v) is 2.10. The van der Waals surface area contributed by atoms with Crippen molar-refractivity contribution in [1.82, 2.24) is 0 Å². The minimum Gasteiger partial charge on any atom is -0.274 e. The average Bonchev–Trinajstić information content (AvgIpc) is 1.87. The van der Waals surface area contributed by atoms with E-state index in [1.807, 2.05) is 0 Å². The molecule has 0 atom stereocenters. The summed E-state index contributed by atoms with van der Waals surface area (Å²) in [5.74, 6) is 0. The Balaban J connectivity index is 3.78. The maximum atomic E-state index is 5.36. The van der Waals surface area contributed by atoms with E-state index in [0.29, 0.717) is 0 Å². The second-order valence-corrected chi connectivity index (χ2v) is 3.05. The third-order valence-electron chi connectivity index (χ3n) is 1.40. The maximum absolute atomic E-state index is 5.36. The summed E-state index contributed by atoms with van der Waals surface area (Å²) in [5, 5.41) is 5.36. The maximum Gasteiger partial charge on any atom is -0.00407 e. The molecule has 0 unspecified atom stereocenters. The molecule has 0 fully saturated rings. The lowest BCUT2D eigenvalue weighted by Crippen LogP contribution is -1.84. The van der Waals surface area contributed by atoms with Crippen molar-refractivity contribution >= 4 is 11.9 Å². The zero-order chi connectivity index (χ0) is 7.28. The molecule has 54 valence electrons. The molecule has 0 aliphatic carbocycles. The van der Waals surface area contributed by atoms with Crippen LogP contribution in [0.1, 0.15) is 33.6 Å². The molecule has 0 spiro atoms. The zero-order valence-electron chi connectivity index (χ0n) is 6.40.